The lowest BCUT2D eigenvalue weighted by Gasteiger charge is -2.37. The van der Waals surface area contributed by atoms with Gasteiger partial charge in [0, 0.05) is 51.6 Å². The van der Waals surface area contributed by atoms with E-state index >= 15 is 0 Å². The number of ether oxygens (including phenoxy) is 2. The number of ketones is 1. The molecule has 2 saturated heterocycles. The number of nitrogens with zero attached hydrogens (tertiary/aromatic N) is 5. The highest BCUT2D eigenvalue weighted by Crippen LogP contribution is 2.37. The Balaban J connectivity index is 1.36. The van der Waals surface area contributed by atoms with Gasteiger partial charge in [-0.05, 0) is 44.6 Å². The summed E-state index contributed by atoms with van der Waals surface area (Å²) in [6.07, 6.45) is 5.92. The van der Waals surface area contributed by atoms with Crippen LogP contribution in [0.4, 0.5) is 10.9 Å². The van der Waals surface area contributed by atoms with E-state index in [0.29, 0.717) is 57.4 Å². The van der Waals surface area contributed by atoms with Gasteiger partial charge in [0.05, 0.1) is 23.3 Å². The first-order chi connectivity index (χ1) is 19.3. The van der Waals surface area contributed by atoms with E-state index in [0.717, 1.165) is 31.7 Å². The van der Waals surface area contributed by atoms with Gasteiger partial charge in [-0.15, -0.1) is 0 Å². The molecule has 0 amide bonds. The van der Waals surface area contributed by atoms with Crippen LogP contribution in [0.5, 0.6) is 0 Å². The molecule has 0 aromatic carbocycles. The van der Waals surface area contributed by atoms with Gasteiger partial charge in [-0.1, -0.05) is 34.5 Å². The number of halogens is 2. The second kappa shape index (κ2) is 12.4. The molecule has 3 aromatic heterocycles. The van der Waals surface area contributed by atoms with Crippen molar-refractivity contribution >= 4 is 57.2 Å². The van der Waals surface area contributed by atoms with Gasteiger partial charge in [0.15, 0.2) is 16.7 Å². The van der Waals surface area contributed by atoms with Crippen molar-refractivity contribution in [2.24, 2.45) is 5.92 Å². The van der Waals surface area contributed by atoms with E-state index in [2.05, 4.69) is 19.8 Å². The first-order valence-electron chi connectivity index (χ1n) is 13.3. The van der Waals surface area contributed by atoms with Gasteiger partial charge in [0.2, 0.25) is 0 Å². The summed E-state index contributed by atoms with van der Waals surface area (Å²) < 4.78 is 10.9. The predicted octanol–water partition coefficient (Wildman–Crippen LogP) is 5.43. The van der Waals surface area contributed by atoms with Crippen molar-refractivity contribution in [2.75, 3.05) is 50.2 Å². The Hall–Kier alpha value is -2.73. The van der Waals surface area contributed by atoms with Gasteiger partial charge in [-0.2, -0.15) is 0 Å². The number of aromatic amines is 1. The summed E-state index contributed by atoms with van der Waals surface area (Å²) in [5, 5.41) is 1.28. The number of Topliss-reactive ketones (excluding diaryl/α,β-unsaturated/α-hetero) is 1. The molecule has 0 unspecified atom stereocenters. The standard InChI is InChI=1S/C27H32Cl2N6O4S/c1-15-20(28)21(29)22(31-15)17(36)13-16-8-12-35(14-18(16)38-2)27-33-23(24(40-27)26(37)39-3)25-30-9-7-19(32-25)34-10-5-4-6-11-34/h7,9,16,18,31H,4-6,8,10-14H2,1-3H3/t16-,18-/m0/s1. The number of rotatable bonds is 8. The summed E-state index contributed by atoms with van der Waals surface area (Å²) in [5.74, 6) is 0.628. The second-order valence-electron chi connectivity index (χ2n) is 10.1. The van der Waals surface area contributed by atoms with E-state index in [-0.39, 0.29) is 29.2 Å². The monoisotopic (exact) mass is 606 g/mol. The van der Waals surface area contributed by atoms with Crippen LogP contribution >= 0.6 is 34.5 Å². The highest BCUT2D eigenvalue weighted by Gasteiger charge is 2.34. The topological polar surface area (TPSA) is 114 Å². The minimum atomic E-state index is -0.480. The van der Waals surface area contributed by atoms with Crippen molar-refractivity contribution < 1.29 is 19.1 Å². The number of esters is 1. The minimum Gasteiger partial charge on any atom is -0.465 e. The fourth-order valence-corrected chi connectivity index (χ4v) is 6.78. The largest absolute Gasteiger partial charge is 0.465 e. The molecule has 40 heavy (non-hydrogen) atoms. The van der Waals surface area contributed by atoms with Crippen molar-refractivity contribution in [3.63, 3.8) is 0 Å². The molecule has 0 bridgehead atoms. The Kier molecular flexibility index (Phi) is 8.94. The Morgan fingerprint density at radius 2 is 1.88 bits per heavy atom. The quantitative estimate of drug-likeness (QED) is 0.264. The van der Waals surface area contributed by atoms with Crippen LogP contribution in [-0.4, -0.2) is 78.2 Å². The molecule has 0 saturated carbocycles. The summed E-state index contributed by atoms with van der Waals surface area (Å²) in [4.78, 5) is 47.5. The average molecular weight is 608 g/mol. The number of anilines is 2. The van der Waals surface area contributed by atoms with Crippen molar-refractivity contribution in [3.8, 4) is 11.5 Å². The SMILES string of the molecule is COC(=O)c1sc(N2CC[C@@H](CC(=O)c3[nH]c(C)c(Cl)c3Cl)[C@@H](OC)C2)nc1-c1nccc(N2CCCCC2)n1. The highest BCUT2D eigenvalue weighted by atomic mass is 35.5. The zero-order valence-corrected chi connectivity index (χ0v) is 25.0. The number of carbonyl (C=O) groups is 2. The maximum absolute atomic E-state index is 13.0. The normalized spacial score (nSPS) is 19.6. The Morgan fingerprint density at radius 1 is 1.10 bits per heavy atom. The number of nitrogens with one attached hydrogen (secondary N) is 1. The molecule has 10 nitrogen and oxygen atoms in total. The number of carbonyl (C=O) groups excluding carboxylic acids is 2. The number of aromatic nitrogens is 4. The number of hydrogen-bond acceptors (Lipinski definition) is 10. The van der Waals surface area contributed by atoms with Crippen LogP contribution in [0.1, 0.15) is 58.0 Å². The lowest BCUT2D eigenvalue weighted by atomic mass is 9.88. The maximum Gasteiger partial charge on any atom is 0.350 e. The number of hydrogen-bond donors (Lipinski definition) is 1. The fourth-order valence-electron chi connectivity index (χ4n) is 5.33. The first kappa shape index (κ1) is 28.8. The van der Waals surface area contributed by atoms with E-state index in [1.165, 1.54) is 24.9 Å². The van der Waals surface area contributed by atoms with Crippen LogP contribution in [0.15, 0.2) is 12.3 Å². The maximum atomic E-state index is 13.0. The summed E-state index contributed by atoms with van der Waals surface area (Å²) in [7, 11) is 2.99. The predicted molar refractivity (Wildman–Crippen MR) is 156 cm³/mol. The van der Waals surface area contributed by atoms with Crippen molar-refractivity contribution in [1.82, 2.24) is 19.9 Å². The minimum absolute atomic E-state index is 0.0173. The van der Waals surface area contributed by atoms with E-state index in [4.69, 9.17) is 42.6 Å². The van der Waals surface area contributed by atoms with Crippen LogP contribution in [0, 0.1) is 12.8 Å². The summed E-state index contributed by atoms with van der Waals surface area (Å²) in [6, 6.07) is 1.89. The molecule has 214 valence electrons. The molecular formula is C27H32Cl2N6O4S. The third-order valence-electron chi connectivity index (χ3n) is 7.57. The number of piperidine rings is 2. The van der Waals surface area contributed by atoms with Gasteiger partial charge in [0.25, 0.3) is 0 Å². The molecule has 2 atom stereocenters. The van der Waals surface area contributed by atoms with E-state index in [9.17, 15) is 9.59 Å². The van der Waals surface area contributed by atoms with Crippen LogP contribution < -0.4 is 9.80 Å². The summed E-state index contributed by atoms with van der Waals surface area (Å²) in [5.41, 5.74) is 1.41. The van der Waals surface area contributed by atoms with E-state index in [1.54, 1.807) is 20.2 Å². The lowest BCUT2D eigenvalue weighted by Crippen LogP contribution is -2.45. The van der Waals surface area contributed by atoms with Crippen LogP contribution in [0.25, 0.3) is 11.5 Å². The molecular weight excluding hydrogens is 575 g/mol. The molecule has 0 radical (unpaired) electrons. The van der Waals surface area contributed by atoms with E-state index < -0.39 is 5.97 Å². The smallest absolute Gasteiger partial charge is 0.350 e. The molecule has 13 heteroatoms. The van der Waals surface area contributed by atoms with Gasteiger partial charge < -0.3 is 24.3 Å². The molecule has 2 fully saturated rings. The number of aryl methyl sites for hydroxylation is 1. The molecule has 3 aromatic rings. The molecule has 0 spiro atoms. The second-order valence-corrected chi connectivity index (χ2v) is 11.8. The molecule has 1 N–H and O–H groups in total. The zero-order valence-electron chi connectivity index (χ0n) is 22.7. The Morgan fingerprint density at radius 3 is 2.55 bits per heavy atom. The summed E-state index contributed by atoms with van der Waals surface area (Å²) in [6.45, 7) is 4.82. The van der Waals surface area contributed by atoms with Crippen molar-refractivity contribution in [1.29, 1.82) is 0 Å². The van der Waals surface area contributed by atoms with Crippen LogP contribution in [-0.2, 0) is 9.47 Å². The molecule has 2 aliphatic heterocycles. The molecule has 2 aliphatic rings. The average Bonchev–Trinajstić information content (AvgIpc) is 3.55. The Labute approximate surface area is 247 Å². The number of thiazole rings is 1. The van der Waals surface area contributed by atoms with E-state index in [1.807, 2.05) is 6.07 Å². The van der Waals surface area contributed by atoms with Crippen LogP contribution in [0.2, 0.25) is 10.0 Å². The third kappa shape index (κ3) is 5.83. The third-order valence-corrected chi connectivity index (χ3v) is 9.61. The molecule has 0 aliphatic carbocycles. The zero-order chi connectivity index (χ0) is 28.4. The van der Waals surface area contributed by atoms with Crippen LogP contribution in [0.3, 0.4) is 0 Å². The molecule has 5 rings (SSSR count). The highest BCUT2D eigenvalue weighted by molar-refractivity contribution is 7.17. The van der Waals surface area contributed by atoms with Gasteiger partial charge >= 0.3 is 5.97 Å². The lowest BCUT2D eigenvalue weighted by molar-refractivity contribution is 0.0375. The molecule has 5 heterocycles. The van der Waals surface area contributed by atoms with Gasteiger partial charge in [-0.25, -0.2) is 19.7 Å². The number of H-pyrrole nitrogens is 1. The fraction of sp³-hybridized carbons (Fsp3) is 0.519. The first-order valence-corrected chi connectivity index (χ1v) is 14.9. The van der Waals surface area contributed by atoms with Gasteiger partial charge in [0.1, 0.15) is 22.1 Å². The summed E-state index contributed by atoms with van der Waals surface area (Å²) >= 11 is 13.7. The van der Waals surface area contributed by atoms with Crippen molar-refractivity contribution in [2.45, 2.75) is 45.1 Å². The number of methoxy groups -OCH3 is 2. The van der Waals surface area contributed by atoms with Gasteiger partial charge in [-0.3, -0.25) is 4.79 Å². The van der Waals surface area contributed by atoms with Crippen molar-refractivity contribution in [3.05, 3.63) is 38.6 Å². The Bertz CT molecular complexity index is 1390.